The van der Waals surface area contributed by atoms with E-state index in [-0.39, 0.29) is 18.3 Å². The average Bonchev–Trinajstić information content (AvgIpc) is 3.14. The number of benzene rings is 2. The normalized spacial score (nSPS) is 10.6. The van der Waals surface area contributed by atoms with Crippen LogP contribution in [0.2, 0.25) is 0 Å². The zero-order valence-electron chi connectivity index (χ0n) is 15.3. The van der Waals surface area contributed by atoms with Crippen LogP contribution in [0.15, 0.2) is 58.2 Å². The van der Waals surface area contributed by atoms with Gasteiger partial charge in [0.2, 0.25) is 0 Å². The number of amides is 1. The molecule has 0 fully saturated rings. The van der Waals surface area contributed by atoms with E-state index in [4.69, 9.17) is 13.9 Å². The van der Waals surface area contributed by atoms with Crippen molar-refractivity contribution in [2.24, 2.45) is 0 Å². The van der Waals surface area contributed by atoms with Gasteiger partial charge in [-0.1, -0.05) is 36.0 Å². The monoisotopic (exact) mass is 400 g/mol. The molecule has 0 unspecified atom stereocenters. The average molecular weight is 400 g/mol. The fourth-order valence-corrected chi connectivity index (χ4v) is 3.05. The molecule has 0 aliphatic rings. The summed E-state index contributed by atoms with van der Waals surface area (Å²) in [6.45, 7) is 0.149. The van der Waals surface area contributed by atoms with Crippen LogP contribution >= 0.6 is 11.8 Å². The zero-order chi connectivity index (χ0) is 19.8. The lowest BCUT2D eigenvalue weighted by atomic mass is 10.1. The Morgan fingerprint density at radius 3 is 2.68 bits per heavy atom. The Morgan fingerprint density at radius 2 is 1.93 bits per heavy atom. The van der Waals surface area contributed by atoms with Crippen LogP contribution in [-0.2, 0) is 20.7 Å². The molecule has 0 radical (unpaired) electrons. The van der Waals surface area contributed by atoms with Crippen molar-refractivity contribution in [1.82, 2.24) is 10.3 Å². The molecule has 146 valence electrons. The highest BCUT2D eigenvalue weighted by Crippen LogP contribution is 2.23. The van der Waals surface area contributed by atoms with E-state index in [0.717, 1.165) is 28.6 Å². The SMILES string of the molecule is COc1ccc(CCNC(=O)COC(=O)CSc2nc3ccccc3o2)cc1. The van der Waals surface area contributed by atoms with Crippen molar-refractivity contribution in [2.45, 2.75) is 11.6 Å². The Hall–Kier alpha value is -3.00. The maximum atomic E-state index is 11.8. The third kappa shape index (κ3) is 5.75. The Balaban J connectivity index is 1.32. The summed E-state index contributed by atoms with van der Waals surface area (Å²) in [6, 6.07) is 15.0. The fourth-order valence-electron chi connectivity index (χ4n) is 2.41. The molecule has 3 rings (SSSR count). The van der Waals surface area contributed by atoms with Crippen molar-refractivity contribution < 1.29 is 23.5 Å². The van der Waals surface area contributed by atoms with Crippen LogP contribution in [0.25, 0.3) is 11.1 Å². The molecule has 2 aromatic carbocycles. The first-order valence-electron chi connectivity index (χ1n) is 8.67. The summed E-state index contributed by atoms with van der Waals surface area (Å²) in [5, 5.41) is 3.11. The Kier molecular flexibility index (Phi) is 6.91. The number of nitrogens with zero attached hydrogens (tertiary/aromatic N) is 1. The summed E-state index contributed by atoms with van der Waals surface area (Å²) in [4.78, 5) is 27.8. The van der Waals surface area contributed by atoms with E-state index >= 15 is 0 Å². The van der Waals surface area contributed by atoms with E-state index in [9.17, 15) is 9.59 Å². The first-order chi connectivity index (χ1) is 13.6. The summed E-state index contributed by atoms with van der Waals surface area (Å²) in [5.41, 5.74) is 2.47. The summed E-state index contributed by atoms with van der Waals surface area (Å²) in [5.74, 6) is -0.0342. The van der Waals surface area contributed by atoms with Gasteiger partial charge in [0, 0.05) is 6.54 Å². The first-order valence-corrected chi connectivity index (χ1v) is 9.66. The molecule has 3 aromatic rings. The molecule has 0 aliphatic heterocycles. The van der Waals surface area contributed by atoms with Crippen molar-refractivity contribution in [3.05, 3.63) is 54.1 Å². The van der Waals surface area contributed by atoms with E-state index in [1.165, 1.54) is 0 Å². The second-order valence-electron chi connectivity index (χ2n) is 5.84. The highest BCUT2D eigenvalue weighted by Gasteiger charge is 2.11. The number of aromatic nitrogens is 1. The lowest BCUT2D eigenvalue weighted by Crippen LogP contribution is -2.30. The molecule has 0 bridgehead atoms. The molecular weight excluding hydrogens is 380 g/mol. The standard InChI is InChI=1S/C20H20N2O5S/c1-25-15-8-6-14(7-9-15)10-11-21-18(23)12-26-19(24)13-28-20-22-16-4-2-3-5-17(16)27-20/h2-9H,10-13H2,1H3,(H,21,23). The molecule has 0 saturated carbocycles. The van der Waals surface area contributed by atoms with Gasteiger partial charge in [-0.25, -0.2) is 4.98 Å². The maximum Gasteiger partial charge on any atom is 0.316 e. The van der Waals surface area contributed by atoms with Gasteiger partial charge >= 0.3 is 5.97 Å². The quantitative estimate of drug-likeness (QED) is 0.436. The van der Waals surface area contributed by atoms with Gasteiger partial charge in [0.1, 0.15) is 17.0 Å². The smallest absolute Gasteiger partial charge is 0.316 e. The van der Waals surface area contributed by atoms with Crippen LogP contribution in [0.3, 0.4) is 0 Å². The number of carbonyl (C=O) groups is 2. The van der Waals surface area contributed by atoms with E-state index in [0.29, 0.717) is 23.8 Å². The van der Waals surface area contributed by atoms with Gasteiger partial charge in [-0.3, -0.25) is 9.59 Å². The number of fused-ring (bicyclic) bond motifs is 1. The van der Waals surface area contributed by atoms with E-state index in [2.05, 4.69) is 10.3 Å². The molecule has 1 amide bonds. The van der Waals surface area contributed by atoms with Crippen LogP contribution < -0.4 is 10.1 Å². The fraction of sp³-hybridized carbons (Fsp3) is 0.250. The Morgan fingerprint density at radius 1 is 1.14 bits per heavy atom. The second kappa shape index (κ2) is 9.80. The van der Waals surface area contributed by atoms with Gasteiger partial charge in [0.05, 0.1) is 7.11 Å². The molecular formula is C20H20N2O5S. The molecule has 1 heterocycles. The minimum atomic E-state index is -0.502. The third-order valence-electron chi connectivity index (χ3n) is 3.85. The van der Waals surface area contributed by atoms with E-state index in [1.807, 2.05) is 42.5 Å². The second-order valence-corrected chi connectivity index (χ2v) is 6.77. The van der Waals surface area contributed by atoms with Gasteiger partial charge < -0.3 is 19.2 Å². The van der Waals surface area contributed by atoms with E-state index in [1.54, 1.807) is 13.2 Å². The molecule has 28 heavy (non-hydrogen) atoms. The number of hydrogen-bond acceptors (Lipinski definition) is 7. The van der Waals surface area contributed by atoms with Crippen LogP contribution in [0, 0.1) is 0 Å². The van der Waals surface area contributed by atoms with Crippen molar-refractivity contribution in [1.29, 1.82) is 0 Å². The number of nitrogens with one attached hydrogen (secondary N) is 1. The third-order valence-corrected chi connectivity index (χ3v) is 4.65. The number of thioether (sulfide) groups is 1. The lowest BCUT2D eigenvalue weighted by molar-refractivity contribution is -0.145. The van der Waals surface area contributed by atoms with Gasteiger partial charge in [-0.15, -0.1) is 0 Å². The minimum Gasteiger partial charge on any atom is -0.497 e. The zero-order valence-corrected chi connectivity index (χ0v) is 16.2. The topological polar surface area (TPSA) is 90.7 Å². The maximum absolute atomic E-state index is 11.8. The number of oxazole rings is 1. The molecule has 7 nitrogen and oxygen atoms in total. The number of para-hydroxylation sites is 2. The number of esters is 1. The molecule has 0 aliphatic carbocycles. The van der Waals surface area contributed by atoms with Crippen molar-refractivity contribution in [3.63, 3.8) is 0 Å². The lowest BCUT2D eigenvalue weighted by Gasteiger charge is -2.07. The van der Waals surface area contributed by atoms with Crippen molar-refractivity contribution in [3.8, 4) is 5.75 Å². The first kappa shape index (κ1) is 19.8. The van der Waals surface area contributed by atoms with E-state index < -0.39 is 5.97 Å². The number of carbonyl (C=O) groups excluding carboxylic acids is 2. The minimum absolute atomic E-state index is 0.0198. The molecule has 0 spiro atoms. The van der Waals surface area contributed by atoms with Crippen LogP contribution in [0.1, 0.15) is 5.56 Å². The van der Waals surface area contributed by atoms with Crippen LogP contribution in [0.4, 0.5) is 0 Å². The predicted octanol–water partition coefficient (Wildman–Crippen LogP) is 2.83. The highest BCUT2D eigenvalue weighted by atomic mass is 32.2. The molecule has 1 N–H and O–H groups in total. The Labute approximate surface area is 166 Å². The summed E-state index contributed by atoms with van der Waals surface area (Å²) >= 11 is 1.13. The van der Waals surface area contributed by atoms with Crippen molar-refractivity contribution >= 4 is 34.7 Å². The number of hydrogen-bond donors (Lipinski definition) is 1. The van der Waals surface area contributed by atoms with Crippen molar-refractivity contribution in [2.75, 3.05) is 26.0 Å². The summed E-state index contributed by atoms with van der Waals surface area (Å²) in [6.07, 6.45) is 0.678. The molecule has 8 heteroatoms. The number of rotatable bonds is 9. The van der Waals surface area contributed by atoms with Gasteiger partial charge in [-0.2, -0.15) is 0 Å². The van der Waals surface area contributed by atoms with Gasteiger partial charge in [-0.05, 0) is 36.2 Å². The summed E-state index contributed by atoms with van der Waals surface area (Å²) in [7, 11) is 1.61. The number of ether oxygens (including phenoxy) is 2. The predicted molar refractivity (Wildman–Crippen MR) is 105 cm³/mol. The summed E-state index contributed by atoms with van der Waals surface area (Å²) < 4.78 is 15.6. The highest BCUT2D eigenvalue weighted by molar-refractivity contribution is 7.99. The number of methoxy groups -OCH3 is 1. The Bertz CT molecular complexity index is 906. The van der Waals surface area contributed by atoms with Gasteiger partial charge in [0.25, 0.3) is 11.1 Å². The van der Waals surface area contributed by atoms with Crippen LogP contribution in [0.5, 0.6) is 5.75 Å². The largest absolute Gasteiger partial charge is 0.497 e. The molecule has 1 aromatic heterocycles. The van der Waals surface area contributed by atoms with Gasteiger partial charge in [0.15, 0.2) is 12.2 Å². The van der Waals surface area contributed by atoms with Crippen LogP contribution in [-0.4, -0.2) is 42.9 Å². The molecule has 0 saturated heterocycles. The molecule has 0 atom stereocenters.